The fourth-order valence-corrected chi connectivity index (χ4v) is 8.66. The van der Waals surface area contributed by atoms with Crippen molar-refractivity contribution in [3.8, 4) is 0 Å². The van der Waals surface area contributed by atoms with Gasteiger partial charge in [-0.2, -0.15) is 0 Å². The minimum Gasteiger partial charge on any atom is -0.382 e. The number of nitrogens with zero attached hydrogens (tertiary/aromatic N) is 1. The normalized spacial score (nSPS) is 11.8. The number of hydrogen-bond acceptors (Lipinski definition) is 5. The zero-order chi connectivity index (χ0) is 28.4. The molecule has 1 atom stereocenters. The second-order valence-corrected chi connectivity index (χ2v) is 13.7. The summed E-state index contributed by atoms with van der Waals surface area (Å²) in [6.45, 7) is 29.2. The molecule has 37 heavy (non-hydrogen) atoms. The van der Waals surface area contributed by atoms with Gasteiger partial charge in [0.05, 0.1) is 6.61 Å². The molecule has 0 aromatic rings. The first-order valence-electron chi connectivity index (χ1n) is 15.7. The molecular formula is C30H69NO4P2. The first-order valence-corrected chi connectivity index (χ1v) is 19.5. The van der Waals surface area contributed by atoms with Crippen LogP contribution in [-0.2, 0) is 18.9 Å². The number of rotatable bonds is 27. The SMILES string of the molecule is CC.CC.CCCP(CCCOCC)CCN(CCOCC)CCP(CCCOCC)CCCOCC. The van der Waals surface area contributed by atoms with Crippen LogP contribution < -0.4 is 0 Å². The van der Waals surface area contributed by atoms with Crippen LogP contribution in [-0.4, -0.2) is 114 Å². The topological polar surface area (TPSA) is 40.2 Å². The summed E-state index contributed by atoms with van der Waals surface area (Å²) in [5, 5.41) is 0. The molecule has 0 rings (SSSR count). The van der Waals surface area contributed by atoms with Crippen LogP contribution in [0.2, 0.25) is 0 Å². The zero-order valence-electron chi connectivity index (χ0n) is 26.8. The van der Waals surface area contributed by atoms with Crippen LogP contribution in [0.4, 0.5) is 0 Å². The summed E-state index contributed by atoms with van der Waals surface area (Å²) >= 11 is 0. The van der Waals surface area contributed by atoms with E-state index in [0.717, 1.165) is 59.4 Å². The summed E-state index contributed by atoms with van der Waals surface area (Å²) in [6.07, 6.45) is 13.1. The maximum Gasteiger partial charge on any atom is 0.0593 e. The summed E-state index contributed by atoms with van der Waals surface area (Å²) in [5.41, 5.74) is 0. The van der Waals surface area contributed by atoms with E-state index in [-0.39, 0.29) is 15.8 Å². The monoisotopic (exact) mass is 569 g/mol. The van der Waals surface area contributed by atoms with Gasteiger partial charge in [0.25, 0.3) is 0 Å². The third-order valence-electron chi connectivity index (χ3n) is 5.66. The second kappa shape index (κ2) is 38.8. The highest BCUT2D eigenvalue weighted by atomic mass is 31.1. The Morgan fingerprint density at radius 1 is 0.432 bits per heavy atom. The van der Waals surface area contributed by atoms with E-state index in [4.69, 9.17) is 18.9 Å². The van der Waals surface area contributed by atoms with E-state index < -0.39 is 0 Å². The van der Waals surface area contributed by atoms with E-state index in [9.17, 15) is 0 Å². The fraction of sp³-hybridized carbons (Fsp3) is 1.00. The Hall–Kier alpha value is 0.660. The van der Waals surface area contributed by atoms with Crippen LogP contribution in [0.5, 0.6) is 0 Å². The van der Waals surface area contributed by atoms with Crippen molar-refractivity contribution in [1.29, 1.82) is 0 Å². The Labute approximate surface area is 237 Å². The summed E-state index contributed by atoms with van der Waals surface area (Å²) in [4.78, 5) is 2.70. The van der Waals surface area contributed by atoms with Crippen molar-refractivity contribution in [2.24, 2.45) is 0 Å². The maximum atomic E-state index is 5.72. The molecule has 0 bridgehead atoms. The van der Waals surface area contributed by atoms with Gasteiger partial charge < -0.3 is 23.8 Å². The lowest BCUT2D eigenvalue weighted by molar-refractivity contribution is 0.118. The Bertz CT molecular complexity index is 369. The van der Waals surface area contributed by atoms with Crippen molar-refractivity contribution in [3.63, 3.8) is 0 Å². The summed E-state index contributed by atoms with van der Waals surface area (Å²) in [7, 11) is 0.183. The van der Waals surface area contributed by atoms with Gasteiger partial charge in [0.2, 0.25) is 0 Å². The molecule has 0 spiro atoms. The molecule has 228 valence electrons. The van der Waals surface area contributed by atoms with Crippen LogP contribution in [0.15, 0.2) is 0 Å². The van der Waals surface area contributed by atoms with E-state index in [0.29, 0.717) is 0 Å². The molecule has 0 saturated carbocycles. The fourth-order valence-electron chi connectivity index (χ4n) is 3.83. The smallest absolute Gasteiger partial charge is 0.0593 e. The highest BCUT2D eigenvalue weighted by Gasteiger charge is 2.14. The van der Waals surface area contributed by atoms with Crippen LogP contribution >= 0.6 is 15.8 Å². The van der Waals surface area contributed by atoms with E-state index >= 15 is 0 Å². The van der Waals surface area contributed by atoms with Crippen LogP contribution in [0.3, 0.4) is 0 Å². The summed E-state index contributed by atoms with van der Waals surface area (Å²) in [6, 6.07) is 0. The molecule has 0 saturated heterocycles. The lowest BCUT2D eigenvalue weighted by atomic mass is 10.5. The average molecular weight is 570 g/mol. The lowest BCUT2D eigenvalue weighted by Gasteiger charge is -2.28. The van der Waals surface area contributed by atoms with Crippen molar-refractivity contribution in [3.05, 3.63) is 0 Å². The summed E-state index contributed by atoms with van der Waals surface area (Å²) in [5.74, 6) is 0. The first-order chi connectivity index (χ1) is 18.2. The van der Waals surface area contributed by atoms with Crippen molar-refractivity contribution >= 4 is 15.8 Å². The van der Waals surface area contributed by atoms with Gasteiger partial charge >= 0.3 is 0 Å². The Kier molecular flexibility index (Phi) is 44.2. The average Bonchev–Trinajstić information content (AvgIpc) is 2.94. The second-order valence-electron chi connectivity index (χ2n) is 8.37. The largest absolute Gasteiger partial charge is 0.382 e. The molecular weight excluding hydrogens is 500 g/mol. The van der Waals surface area contributed by atoms with Gasteiger partial charge in [0, 0.05) is 65.9 Å². The van der Waals surface area contributed by atoms with Crippen LogP contribution in [0.25, 0.3) is 0 Å². The minimum atomic E-state index is 0.0549. The Morgan fingerprint density at radius 2 is 0.784 bits per heavy atom. The molecule has 0 aromatic carbocycles. The first kappa shape index (κ1) is 42.1. The molecule has 0 aliphatic carbocycles. The van der Waals surface area contributed by atoms with Crippen LogP contribution in [0.1, 0.15) is 88.0 Å². The summed E-state index contributed by atoms with van der Waals surface area (Å²) < 4.78 is 22.5. The predicted molar refractivity (Wildman–Crippen MR) is 172 cm³/mol. The highest BCUT2D eigenvalue weighted by Crippen LogP contribution is 2.38. The molecule has 0 aliphatic rings. The van der Waals surface area contributed by atoms with Gasteiger partial charge in [-0.1, -0.05) is 41.0 Å². The van der Waals surface area contributed by atoms with E-state index in [1.165, 1.54) is 75.7 Å². The Balaban J connectivity index is -0.00000274. The van der Waals surface area contributed by atoms with Gasteiger partial charge in [-0.05, 0) is 83.9 Å². The van der Waals surface area contributed by atoms with E-state index in [1.54, 1.807) is 0 Å². The predicted octanol–water partition coefficient (Wildman–Crippen LogP) is 8.03. The van der Waals surface area contributed by atoms with E-state index in [1.807, 2.05) is 27.7 Å². The van der Waals surface area contributed by atoms with Gasteiger partial charge in [0.1, 0.15) is 0 Å². The molecule has 1 unspecified atom stereocenters. The van der Waals surface area contributed by atoms with Gasteiger partial charge in [-0.3, -0.25) is 0 Å². The number of ether oxygens (including phenoxy) is 4. The van der Waals surface area contributed by atoms with Crippen molar-refractivity contribution in [2.45, 2.75) is 88.0 Å². The quantitative estimate of drug-likeness (QED) is 0.0740. The molecule has 0 N–H and O–H groups in total. The standard InChI is InChI=1S/C26H57NO4P2.2C2H6/c1-6-21-32(22-11-17-28-7-2)25-15-27(14-20-31-10-5)16-26-33(23-12-18-29-8-3)24-13-19-30-9-4;2*1-2/h6-26H2,1-5H3;2*1-2H3. The molecule has 0 aliphatic heterocycles. The van der Waals surface area contributed by atoms with Gasteiger partial charge in [-0.25, -0.2) is 0 Å². The molecule has 0 aromatic heterocycles. The van der Waals surface area contributed by atoms with Gasteiger partial charge in [-0.15, -0.1) is 15.8 Å². The Morgan fingerprint density at radius 3 is 1.14 bits per heavy atom. The van der Waals surface area contributed by atoms with Crippen molar-refractivity contribution in [1.82, 2.24) is 4.90 Å². The van der Waals surface area contributed by atoms with E-state index in [2.05, 4.69) is 39.5 Å². The molecule has 5 nitrogen and oxygen atoms in total. The van der Waals surface area contributed by atoms with Crippen molar-refractivity contribution < 1.29 is 18.9 Å². The molecule has 0 amide bonds. The van der Waals surface area contributed by atoms with Crippen LogP contribution in [0, 0.1) is 0 Å². The number of hydrogen-bond donors (Lipinski definition) is 0. The molecule has 0 heterocycles. The zero-order valence-corrected chi connectivity index (χ0v) is 28.6. The highest BCUT2D eigenvalue weighted by molar-refractivity contribution is 7.57. The van der Waals surface area contributed by atoms with Crippen molar-refractivity contribution in [2.75, 3.05) is 109 Å². The molecule has 0 fully saturated rings. The molecule has 7 heteroatoms. The minimum absolute atomic E-state index is 0.0549. The maximum absolute atomic E-state index is 5.72. The lowest BCUT2D eigenvalue weighted by Crippen LogP contribution is -2.33. The van der Waals surface area contributed by atoms with Gasteiger partial charge in [0.15, 0.2) is 0 Å². The third-order valence-corrected chi connectivity index (χ3v) is 11.3. The third kappa shape index (κ3) is 32.8. The molecule has 0 radical (unpaired) electrons.